The number of hydrogen-bond acceptors (Lipinski definition) is 8. The molecule has 1 heterocycles. The molecule has 9 heteroatoms. The lowest BCUT2D eigenvalue weighted by Gasteiger charge is -2.40. The lowest BCUT2D eigenvalue weighted by molar-refractivity contribution is -0.302. The molecular weight excluding hydrogens is 586 g/mol. The standard InChI is InChI=1S/C37H71NO8/c1-3-5-7-9-11-13-15-16-17-19-21-23-25-27-33(41)38-30(29-45-37-36(44)35(43)34(42)32(28-39)46-37)31(40)26-24-22-20-18-14-12-10-8-6-4-2/h16-17,30-32,34-37,39-40,42-44H,3-15,18-29H2,1-2H3,(H,38,41)/b17-16-. The molecule has 0 spiro atoms. The molecule has 0 aromatic carbocycles. The second-order valence-electron chi connectivity index (χ2n) is 13.4. The highest BCUT2D eigenvalue weighted by Crippen LogP contribution is 2.23. The van der Waals surface area contributed by atoms with Crippen molar-refractivity contribution in [2.75, 3.05) is 13.2 Å². The van der Waals surface area contributed by atoms with E-state index in [0.29, 0.717) is 12.8 Å². The van der Waals surface area contributed by atoms with E-state index in [1.165, 1.54) is 83.5 Å². The van der Waals surface area contributed by atoms with Gasteiger partial charge in [-0.05, 0) is 38.5 Å². The van der Waals surface area contributed by atoms with Crippen LogP contribution in [0.15, 0.2) is 12.2 Å². The smallest absolute Gasteiger partial charge is 0.220 e. The summed E-state index contributed by atoms with van der Waals surface area (Å²) >= 11 is 0. The molecule has 0 aromatic heterocycles. The van der Waals surface area contributed by atoms with Crippen LogP contribution in [-0.2, 0) is 14.3 Å². The van der Waals surface area contributed by atoms with E-state index in [-0.39, 0.29) is 12.5 Å². The molecule has 1 aliphatic heterocycles. The summed E-state index contributed by atoms with van der Waals surface area (Å²) in [6.07, 6.45) is 22.2. The highest BCUT2D eigenvalue weighted by molar-refractivity contribution is 5.76. The normalized spacial score (nSPS) is 23.2. The summed E-state index contributed by atoms with van der Waals surface area (Å²) in [6.45, 7) is 3.77. The molecule has 9 nitrogen and oxygen atoms in total. The van der Waals surface area contributed by atoms with Crippen molar-refractivity contribution in [1.82, 2.24) is 5.32 Å². The van der Waals surface area contributed by atoms with E-state index in [4.69, 9.17) is 9.47 Å². The van der Waals surface area contributed by atoms with Gasteiger partial charge >= 0.3 is 0 Å². The predicted molar refractivity (Wildman–Crippen MR) is 184 cm³/mol. The van der Waals surface area contributed by atoms with Crippen molar-refractivity contribution < 1.29 is 39.8 Å². The summed E-state index contributed by atoms with van der Waals surface area (Å²) < 4.78 is 11.2. The lowest BCUT2D eigenvalue weighted by Crippen LogP contribution is -2.60. The molecule has 7 atom stereocenters. The van der Waals surface area contributed by atoms with Gasteiger partial charge in [0.15, 0.2) is 6.29 Å². The van der Waals surface area contributed by atoms with Crippen LogP contribution >= 0.6 is 0 Å². The van der Waals surface area contributed by atoms with Gasteiger partial charge in [0.2, 0.25) is 5.91 Å². The molecule has 1 rings (SSSR count). The van der Waals surface area contributed by atoms with Gasteiger partial charge in [-0.25, -0.2) is 0 Å². The number of ether oxygens (including phenoxy) is 2. The third kappa shape index (κ3) is 20.3. The Hall–Kier alpha value is -1.07. The van der Waals surface area contributed by atoms with Gasteiger partial charge in [-0.1, -0.05) is 129 Å². The van der Waals surface area contributed by atoms with Crippen LogP contribution in [-0.4, -0.2) is 87.5 Å². The largest absolute Gasteiger partial charge is 0.394 e. The fraction of sp³-hybridized carbons (Fsp3) is 0.919. The number of hydrogen-bond donors (Lipinski definition) is 6. The molecule has 1 aliphatic rings. The number of allylic oxidation sites excluding steroid dienone is 2. The Bertz CT molecular complexity index is 736. The SMILES string of the molecule is CCCCCCCC/C=C\CCCCCC(=O)NC(COC1OC(CO)C(O)C(O)C1O)C(O)CCCCCCCCCCCC. The van der Waals surface area contributed by atoms with Crippen molar-refractivity contribution in [3.63, 3.8) is 0 Å². The van der Waals surface area contributed by atoms with Gasteiger partial charge in [-0.3, -0.25) is 4.79 Å². The number of unbranched alkanes of at least 4 members (excludes halogenated alkanes) is 18. The molecule has 0 saturated carbocycles. The van der Waals surface area contributed by atoms with Gasteiger partial charge in [0, 0.05) is 6.42 Å². The van der Waals surface area contributed by atoms with Crippen molar-refractivity contribution in [2.24, 2.45) is 0 Å². The van der Waals surface area contributed by atoms with E-state index in [0.717, 1.165) is 51.4 Å². The molecule has 0 bridgehead atoms. The van der Waals surface area contributed by atoms with E-state index in [2.05, 4.69) is 31.3 Å². The first-order valence-corrected chi connectivity index (χ1v) is 18.9. The molecule has 0 aromatic rings. The Morgan fingerprint density at radius 2 is 1.22 bits per heavy atom. The molecular formula is C37H71NO8. The number of aliphatic hydroxyl groups is 5. The minimum absolute atomic E-state index is 0.142. The van der Waals surface area contributed by atoms with Crippen molar-refractivity contribution in [1.29, 1.82) is 0 Å². The number of rotatable bonds is 30. The first-order chi connectivity index (χ1) is 22.3. The lowest BCUT2D eigenvalue weighted by atomic mass is 9.99. The number of carbonyl (C=O) groups is 1. The Labute approximate surface area is 280 Å². The summed E-state index contributed by atoms with van der Waals surface area (Å²) in [5.41, 5.74) is 0. The van der Waals surface area contributed by atoms with Gasteiger partial charge in [0.25, 0.3) is 0 Å². The van der Waals surface area contributed by atoms with Crippen LogP contribution in [0.4, 0.5) is 0 Å². The van der Waals surface area contributed by atoms with Crippen LogP contribution in [0.25, 0.3) is 0 Å². The zero-order chi connectivity index (χ0) is 33.8. The van der Waals surface area contributed by atoms with Crippen LogP contribution in [0.2, 0.25) is 0 Å². The first kappa shape index (κ1) is 43.0. The first-order valence-electron chi connectivity index (χ1n) is 18.9. The van der Waals surface area contributed by atoms with Gasteiger partial charge in [0.05, 0.1) is 25.4 Å². The van der Waals surface area contributed by atoms with E-state index in [1.807, 2.05) is 0 Å². The Morgan fingerprint density at radius 3 is 1.76 bits per heavy atom. The third-order valence-corrected chi connectivity index (χ3v) is 9.12. The van der Waals surface area contributed by atoms with Crippen LogP contribution in [0.1, 0.15) is 162 Å². The van der Waals surface area contributed by atoms with Gasteiger partial charge in [0.1, 0.15) is 24.4 Å². The average Bonchev–Trinajstić information content (AvgIpc) is 3.05. The van der Waals surface area contributed by atoms with Crippen LogP contribution < -0.4 is 5.32 Å². The summed E-state index contributed by atoms with van der Waals surface area (Å²) in [7, 11) is 0. The second-order valence-corrected chi connectivity index (χ2v) is 13.4. The van der Waals surface area contributed by atoms with E-state index < -0.39 is 49.5 Å². The molecule has 1 fully saturated rings. The number of amides is 1. The Balaban J connectivity index is 2.45. The molecule has 6 N–H and O–H groups in total. The summed E-state index contributed by atoms with van der Waals surface area (Å²) in [6, 6.07) is -0.719. The average molecular weight is 658 g/mol. The van der Waals surface area contributed by atoms with Gasteiger partial charge < -0.3 is 40.3 Å². The maximum atomic E-state index is 12.8. The van der Waals surface area contributed by atoms with Crippen LogP contribution in [0.3, 0.4) is 0 Å². The summed E-state index contributed by atoms with van der Waals surface area (Å²) in [5, 5.41) is 53.9. The van der Waals surface area contributed by atoms with Crippen molar-refractivity contribution >= 4 is 5.91 Å². The topological polar surface area (TPSA) is 149 Å². The maximum Gasteiger partial charge on any atom is 0.220 e. The molecule has 1 saturated heterocycles. The molecule has 0 aliphatic carbocycles. The second kappa shape index (κ2) is 28.9. The summed E-state index contributed by atoms with van der Waals surface area (Å²) in [5.74, 6) is -0.164. The molecule has 0 radical (unpaired) electrons. The zero-order valence-corrected chi connectivity index (χ0v) is 29.3. The quantitative estimate of drug-likeness (QED) is 0.0394. The minimum Gasteiger partial charge on any atom is -0.394 e. The third-order valence-electron chi connectivity index (χ3n) is 9.12. The maximum absolute atomic E-state index is 12.8. The highest BCUT2D eigenvalue weighted by atomic mass is 16.7. The van der Waals surface area contributed by atoms with E-state index in [9.17, 15) is 30.3 Å². The Kier molecular flexibility index (Phi) is 27.0. The molecule has 272 valence electrons. The van der Waals surface area contributed by atoms with Crippen LogP contribution in [0.5, 0.6) is 0 Å². The van der Waals surface area contributed by atoms with Crippen molar-refractivity contribution in [3.05, 3.63) is 12.2 Å². The Morgan fingerprint density at radius 1 is 0.717 bits per heavy atom. The number of aliphatic hydroxyl groups excluding tert-OH is 5. The fourth-order valence-corrected chi connectivity index (χ4v) is 5.98. The molecule has 46 heavy (non-hydrogen) atoms. The number of carbonyl (C=O) groups excluding carboxylic acids is 1. The van der Waals surface area contributed by atoms with Crippen molar-refractivity contribution in [2.45, 2.75) is 204 Å². The molecule has 1 amide bonds. The highest BCUT2D eigenvalue weighted by Gasteiger charge is 2.44. The number of nitrogens with one attached hydrogen (secondary N) is 1. The zero-order valence-electron chi connectivity index (χ0n) is 29.3. The van der Waals surface area contributed by atoms with E-state index >= 15 is 0 Å². The monoisotopic (exact) mass is 658 g/mol. The summed E-state index contributed by atoms with van der Waals surface area (Å²) in [4.78, 5) is 12.8. The van der Waals surface area contributed by atoms with Crippen molar-refractivity contribution in [3.8, 4) is 0 Å². The van der Waals surface area contributed by atoms with E-state index in [1.54, 1.807) is 0 Å². The minimum atomic E-state index is -1.55. The van der Waals surface area contributed by atoms with Gasteiger partial charge in [-0.2, -0.15) is 0 Å². The van der Waals surface area contributed by atoms with Gasteiger partial charge in [-0.15, -0.1) is 0 Å². The predicted octanol–water partition coefficient (Wildman–Crippen LogP) is 6.22. The fourth-order valence-electron chi connectivity index (χ4n) is 5.98. The molecule has 7 unspecified atom stereocenters. The van der Waals surface area contributed by atoms with Crippen LogP contribution in [0, 0.1) is 0 Å².